The average Bonchev–Trinajstić information content (AvgIpc) is 2.97. The van der Waals surface area contributed by atoms with Crippen LogP contribution in [0.1, 0.15) is 0 Å². The first-order chi connectivity index (χ1) is 11.0. The van der Waals surface area contributed by atoms with Crippen LogP contribution in [-0.2, 0) is 17.1 Å². The van der Waals surface area contributed by atoms with Crippen LogP contribution in [0.25, 0.3) is 11.3 Å². The van der Waals surface area contributed by atoms with E-state index in [4.69, 9.17) is 0 Å². The van der Waals surface area contributed by atoms with Crippen LogP contribution in [0.2, 0.25) is 0 Å². The maximum absolute atomic E-state index is 12.7. The summed E-state index contributed by atoms with van der Waals surface area (Å²) in [6.07, 6.45) is 0. The Morgan fingerprint density at radius 1 is 0.826 bits per heavy atom. The zero-order valence-corrected chi connectivity index (χ0v) is 13.9. The number of anilines is 1. The summed E-state index contributed by atoms with van der Waals surface area (Å²) in [5.74, 6) is 0.618. The van der Waals surface area contributed by atoms with Gasteiger partial charge in [0, 0.05) is 19.8 Å². The van der Waals surface area contributed by atoms with Gasteiger partial charge in [-0.3, -0.25) is 4.31 Å². The summed E-state index contributed by atoms with van der Waals surface area (Å²) in [5, 5.41) is 0. The molecule has 0 atom stereocenters. The SMILES string of the molecule is CN(c1ccc(-c2ccccc2)n1C)S(=O)(=O)c1ccccc1. The second-order valence-corrected chi connectivity index (χ2v) is 7.26. The molecule has 2 aromatic carbocycles. The lowest BCUT2D eigenvalue weighted by atomic mass is 10.2. The minimum Gasteiger partial charge on any atom is -0.330 e. The van der Waals surface area contributed by atoms with Crippen molar-refractivity contribution >= 4 is 15.8 Å². The van der Waals surface area contributed by atoms with Crippen LogP contribution < -0.4 is 4.31 Å². The van der Waals surface area contributed by atoms with Gasteiger partial charge < -0.3 is 4.57 Å². The van der Waals surface area contributed by atoms with E-state index in [1.54, 1.807) is 37.4 Å². The Balaban J connectivity index is 2.02. The van der Waals surface area contributed by atoms with E-state index in [0.29, 0.717) is 5.82 Å². The third-order valence-corrected chi connectivity index (χ3v) is 5.67. The molecule has 0 aliphatic rings. The van der Waals surface area contributed by atoms with Crippen molar-refractivity contribution in [3.05, 3.63) is 72.8 Å². The topological polar surface area (TPSA) is 42.3 Å². The number of rotatable bonds is 4. The van der Waals surface area contributed by atoms with Gasteiger partial charge in [-0.05, 0) is 29.8 Å². The minimum absolute atomic E-state index is 0.282. The second kappa shape index (κ2) is 5.93. The van der Waals surface area contributed by atoms with E-state index in [1.807, 2.05) is 54.1 Å². The molecule has 0 fully saturated rings. The predicted octanol–water partition coefficient (Wildman–Crippen LogP) is 3.52. The summed E-state index contributed by atoms with van der Waals surface area (Å²) in [6.45, 7) is 0. The summed E-state index contributed by atoms with van der Waals surface area (Å²) in [5.41, 5.74) is 2.02. The molecule has 0 saturated heterocycles. The van der Waals surface area contributed by atoms with Crippen molar-refractivity contribution in [2.75, 3.05) is 11.4 Å². The highest BCUT2D eigenvalue weighted by molar-refractivity contribution is 7.92. The maximum Gasteiger partial charge on any atom is 0.265 e. The van der Waals surface area contributed by atoms with Crippen LogP contribution in [0.5, 0.6) is 0 Å². The summed E-state index contributed by atoms with van der Waals surface area (Å²) in [7, 11) is -0.125. The zero-order chi connectivity index (χ0) is 16.4. The Morgan fingerprint density at radius 3 is 2.00 bits per heavy atom. The minimum atomic E-state index is -3.57. The third-order valence-electron chi connectivity index (χ3n) is 3.89. The number of aromatic nitrogens is 1. The molecular formula is C18H18N2O2S. The third kappa shape index (κ3) is 2.75. The Kier molecular flexibility index (Phi) is 3.96. The van der Waals surface area contributed by atoms with Crippen LogP contribution >= 0.6 is 0 Å². The van der Waals surface area contributed by atoms with E-state index in [1.165, 1.54) is 4.31 Å². The number of hydrogen-bond donors (Lipinski definition) is 0. The van der Waals surface area contributed by atoms with Gasteiger partial charge in [0.25, 0.3) is 10.0 Å². The highest BCUT2D eigenvalue weighted by atomic mass is 32.2. The first-order valence-corrected chi connectivity index (χ1v) is 8.71. The molecule has 0 amide bonds. The molecule has 0 radical (unpaired) electrons. The standard InChI is InChI=1S/C18H18N2O2S/c1-19-17(15-9-5-3-6-10-15)13-14-18(19)20(2)23(21,22)16-11-7-4-8-12-16/h3-14H,1-2H3. The lowest BCUT2D eigenvalue weighted by Gasteiger charge is -2.20. The Labute approximate surface area is 136 Å². The average molecular weight is 326 g/mol. The lowest BCUT2D eigenvalue weighted by molar-refractivity contribution is 0.593. The summed E-state index contributed by atoms with van der Waals surface area (Å²) in [4.78, 5) is 0.282. The highest BCUT2D eigenvalue weighted by Crippen LogP contribution is 2.28. The van der Waals surface area contributed by atoms with Crippen LogP contribution in [-0.4, -0.2) is 20.0 Å². The van der Waals surface area contributed by atoms with Crippen molar-refractivity contribution in [3.63, 3.8) is 0 Å². The van der Waals surface area contributed by atoms with Gasteiger partial charge in [0.1, 0.15) is 5.82 Å². The van der Waals surface area contributed by atoms with Crippen LogP contribution in [0.15, 0.2) is 77.7 Å². The lowest BCUT2D eigenvalue weighted by Crippen LogP contribution is -2.28. The Bertz CT molecular complexity index is 901. The number of benzene rings is 2. The van der Waals surface area contributed by atoms with Gasteiger partial charge >= 0.3 is 0 Å². The Hall–Kier alpha value is -2.53. The molecule has 0 unspecified atom stereocenters. The molecule has 0 aliphatic carbocycles. The van der Waals surface area contributed by atoms with E-state index in [9.17, 15) is 8.42 Å². The van der Waals surface area contributed by atoms with Gasteiger partial charge in [-0.2, -0.15) is 0 Å². The van der Waals surface area contributed by atoms with E-state index in [-0.39, 0.29) is 4.90 Å². The summed E-state index contributed by atoms with van der Waals surface area (Å²) >= 11 is 0. The molecule has 3 aromatic rings. The summed E-state index contributed by atoms with van der Waals surface area (Å²) in [6, 6.07) is 22.1. The fraction of sp³-hybridized carbons (Fsp3) is 0.111. The molecule has 23 heavy (non-hydrogen) atoms. The molecule has 0 aliphatic heterocycles. The normalized spacial score (nSPS) is 11.4. The molecule has 118 valence electrons. The fourth-order valence-corrected chi connectivity index (χ4v) is 3.84. The molecule has 3 rings (SSSR count). The largest absolute Gasteiger partial charge is 0.330 e. The first kappa shape index (κ1) is 15.4. The molecule has 4 nitrogen and oxygen atoms in total. The smallest absolute Gasteiger partial charge is 0.265 e. The summed E-state index contributed by atoms with van der Waals surface area (Å²) < 4.78 is 28.7. The van der Waals surface area contributed by atoms with Crippen molar-refractivity contribution in [2.24, 2.45) is 7.05 Å². The van der Waals surface area contributed by atoms with Crippen LogP contribution in [0, 0.1) is 0 Å². The number of nitrogens with zero attached hydrogens (tertiary/aromatic N) is 2. The zero-order valence-electron chi connectivity index (χ0n) is 13.0. The Morgan fingerprint density at radius 2 is 1.39 bits per heavy atom. The molecule has 0 N–H and O–H groups in total. The quantitative estimate of drug-likeness (QED) is 0.736. The molecular weight excluding hydrogens is 308 g/mol. The molecule has 0 saturated carbocycles. The van der Waals surface area contributed by atoms with E-state index >= 15 is 0 Å². The van der Waals surface area contributed by atoms with Gasteiger partial charge in [0.2, 0.25) is 0 Å². The molecule has 0 spiro atoms. The van der Waals surface area contributed by atoms with E-state index < -0.39 is 10.0 Å². The van der Waals surface area contributed by atoms with Crippen LogP contribution in [0.4, 0.5) is 5.82 Å². The van der Waals surface area contributed by atoms with Gasteiger partial charge in [0.05, 0.1) is 4.90 Å². The van der Waals surface area contributed by atoms with Gasteiger partial charge in [-0.25, -0.2) is 8.42 Å². The second-order valence-electron chi connectivity index (χ2n) is 5.29. The molecule has 1 aromatic heterocycles. The van der Waals surface area contributed by atoms with Crippen molar-refractivity contribution < 1.29 is 8.42 Å². The first-order valence-electron chi connectivity index (χ1n) is 7.27. The van der Waals surface area contributed by atoms with E-state index in [2.05, 4.69) is 0 Å². The van der Waals surface area contributed by atoms with E-state index in [0.717, 1.165) is 11.3 Å². The predicted molar refractivity (Wildman–Crippen MR) is 92.9 cm³/mol. The fourth-order valence-electron chi connectivity index (χ4n) is 2.59. The van der Waals surface area contributed by atoms with Crippen molar-refractivity contribution in [3.8, 4) is 11.3 Å². The monoisotopic (exact) mass is 326 g/mol. The molecule has 0 bridgehead atoms. The van der Waals surface area contributed by atoms with Gasteiger partial charge in [-0.1, -0.05) is 48.5 Å². The van der Waals surface area contributed by atoms with Gasteiger partial charge in [0.15, 0.2) is 0 Å². The van der Waals surface area contributed by atoms with Gasteiger partial charge in [-0.15, -0.1) is 0 Å². The highest BCUT2D eigenvalue weighted by Gasteiger charge is 2.23. The number of sulfonamides is 1. The van der Waals surface area contributed by atoms with Crippen LogP contribution in [0.3, 0.4) is 0 Å². The number of hydrogen-bond acceptors (Lipinski definition) is 2. The molecule has 1 heterocycles. The van der Waals surface area contributed by atoms with Crippen molar-refractivity contribution in [2.45, 2.75) is 4.90 Å². The maximum atomic E-state index is 12.7. The van der Waals surface area contributed by atoms with Crippen molar-refractivity contribution in [1.82, 2.24) is 4.57 Å². The molecule has 5 heteroatoms. The van der Waals surface area contributed by atoms with Crippen molar-refractivity contribution in [1.29, 1.82) is 0 Å².